The van der Waals surface area contributed by atoms with Gasteiger partial charge in [-0.3, -0.25) is 0 Å². The molecule has 0 saturated heterocycles. The number of nitrogens with one attached hydrogen (secondary N) is 2. The van der Waals surface area contributed by atoms with E-state index >= 15 is 0 Å². The molecule has 1 heterocycles. The highest BCUT2D eigenvalue weighted by Crippen LogP contribution is 2.01. The van der Waals surface area contributed by atoms with Crippen LogP contribution in [0.4, 0.5) is 10.6 Å². The van der Waals surface area contributed by atoms with Crippen molar-refractivity contribution in [1.82, 2.24) is 10.3 Å². The molecule has 2 aromatic rings. The third-order valence-electron chi connectivity index (χ3n) is 2.65. The van der Waals surface area contributed by atoms with Crippen LogP contribution in [0.15, 0.2) is 48.5 Å². The van der Waals surface area contributed by atoms with Crippen molar-refractivity contribution >= 4 is 11.9 Å². The van der Waals surface area contributed by atoms with Crippen LogP contribution in [0.2, 0.25) is 0 Å². The van der Waals surface area contributed by atoms with Crippen LogP contribution in [0.1, 0.15) is 11.3 Å². The number of aromatic nitrogens is 1. The molecule has 0 bridgehead atoms. The molecule has 0 aliphatic carbocycles. The van der Waals surface area contributed by atoms with Crippen LogP contribution in [-0.4, -0.2) is 17.6 Å². The zero-order valence-electron chi connectivity index (χ0n) is 11.9. The largest absolute Gasteiger partial charge is 0.445 e. The van der Waals surface area contributed by atoms with Gasteiger partial charge >= 0.3 is 6.09 Å². The van der Waals surface area contributed by atoms with Crippen molar-refractivity contribution < 1.29 is 9.53 Å². The molecule has 0 unspecified atom stereocenters. The molecule has 6 heteroatoms. The van der Waals surface area contributed by atoms with E-state index < -0.39 is 6.09 Å². The van der Waals surface area contributed by atoms with Gasteiger partial charge in [0.05, 0.1) is 6.54 Å². The fraction of sp³-hybridized carbons (Fsp3) is 0.125. The minimum absolute atomic E-state index is 0.176. The Balaban J connectivity index is 1.74. The Hall–Kier alpha value is -3.04. The summed E-state index contributed by atoms with van der Waals surface area (Å²) in [4.78, 5) is 15.6. The van der Waals surface area contributed by atoms with E-state index in [-0.39, 0.29) is 13.2 Å². The number of nitrogen functional groups attached to an aromatic ring is 1. The Morgan fingerprint density at radius 2 is 2.00 bits per heavy atom. The zero-order valence-corrected chi connectivity index (χ0v) is 11.9. The molecule has 0 aliphatic heterocycles. The number of pyridine rings is 1. The lowest BCUT2D eigenvalue weighted by molar-refractivity contribution is 0.141. The van der Waals surface area contributed by atoms with E-state index in [0.29, 0.717) is 11.5 Å². The first-order valence-electron chi connectivity index (χ1n) is 6.65. The number of benzene rings is 1. The molecule has 0 aliphatic rings. The molecule has 0 radical (unpaired) electrons. The summed E-state index contributed by atoms with van der Waals surface area (Å²) in [6.45, 7) is 0.404. The fourth-order valence-electron chi connectivity index (χ4n) is 1.61. The molecule has 112 valence electrons. The molecular formula is C16H16N4O2. The summed E-state index contributed by atoms with van der Waals surface area (Å²) in [6, 6.07) is 14.7. The van der Waals surface area contributed by atoms with Crippen molar-refractivity contribution in [2.75, 3.05) is 12.0 Å². The number of rotatable bonds is 4. The summed E-state index contributed by atoms with van der Waals surface area (Å²) in [6.07, 6.45) is -0.511. The lowest BCUT2D eigenvalue weighted by atomic mass is 10.2. The number of hydrogen-bond donors (Lipinski definition) is 3. The van der Waals surface area contributed by atoms with Gasteiger partial charge in [0.25, 0.3) is 0 Å². The maximum absolute atomic E-state index is 11.5. The molecular weight excluding hydrogens is 280 g/mol. The van der Waals surface area contributed by atoms with E-state index in [1.54, 1.807) is 18.2 Å². The smallest absolute Gasteiger partial charge is 0.408 e. The van der Waals surface area contributed by atoms with E-state index in [2.05, 4.69) is 27.6 Å². The summed E-state index contributed by atoms with van der Waals surface area (Å²) in [5.74, 6) is 11.4. The van der Waals surface area contributed by atoms with Crippen LogP contribution >= 0.6 is 0 Å². The van der Waals surface area contributed by atoms with Gasteiger partial charge in [-0.2, -0.15) is 0 Å². The van der Waals surface area contributed by atoms with Gasteiger partial charge in [0.1, 0.15) is 18.1 Å². The third kappa shape index (κ3) is 5.15. The van der Waals surface area contributed by atoms with Gasteiger partial charge in [-0.1, -0.05) is 42.3 Å². The Kier molecular flexibility index (Phi) is 5.79. The first-order chi connectivity index (χ1) is 10.8. The molecule has 0 atom stereocenters. The van der Waals surface area contributed by atoms with Crippen LogP contribution in [0, 0.1) is 11.8 Å². The molecule has 4 N–H and O–H groups in total. The summed E-state index contributed by atoms with van der Waals surface area (Å²) in [7, 11) is 0. The topological polar surface area (TPSA) is 89.3 Å². The molecule has 1 aromatic carbocycles. The standard InChI is InChI=1S/C16H16N4O2/c17-20-15-10-4-8-14(19-15)9-5-11-18-16(21)22-12-13-6-2-1-3-7-13/h1-4,6-8,10H,11-12,17H2,(H,18,21)(H,19,20). The molecule has 1 aromatic heterocycles. The highest BCUT2D eigenvalue weighted by molar-refractivity contribution is 5.67. The predicted molar refractivity (Wildman–Crippen MR) is 83.6 cm³/mol. The predicted octanol–water partition coefficient (Wildman–Crippen LogP) is 1.65. The summed E-state index contributed by atoms with van der Waals surface area (Å²) in [5, 5.41) is 2.55. The number of anilines is 1. The van der Waals surface area contributed by atoms with Crippen LogP contribution < -0.4 is 16.6 Å². The Morgan fingerprint density at radius 3 is 2.77 bits per heavy atom. The zero-order chi connectivity index (χ0) is 15.6. The normalized spacial score (nSPS) is 9.32. The summed E-state index contributed by atoms with van der Waals surface area (Å²) >= 11 is 0. The number of alkyl carbamates (subject to hydrolysis) is 1. The molecule has 22 heavy (non-hydrogen) atoms. The molecule has 2 rings (SSSR count). The van der Waals surface area contributed by atoms with Gasteiger partial charge in [-0.15, -0.1) is 0 Å². The Morgan fingerprint density at radius 1 is 1.18 bits per heavy atom. The van der Waals surface area contributed by atoms with Crippen LogP contribution in [0.3, 0.4) is 0 Å². The number of nitrogens with zero attached hydrogens (tertiary/aromatic N) is 1. The number of carbonyl (C=O) groups excluding carboxylic acids is 1. The van der Waals surface area contributed by atoms with Gasteiger partial charge in [0.15, 0.2) is 0 Å². The van der Waals surface area contributed by atoms with Crippen molar-refractivity contribution in [2.45, 2.75) is 6.61 Å². The quantitative estimate of drug-likeness (QED) is 0.453. The Labute approximate surface area is 128 Å². The number of hydrogen-bond acceptors (Lipinski definition) is 5. The second kappa shape index (κ2) is 8.29. The van der Waals surface area contributed by atoms with Gasteiger partial charge in [-0.25, -0.2) is 15.6 Å². The first kappa shape index (κ1) is 15.4. The van der Waals surface area contributed by atoms with E-state index in [1.165, 1.54) is 0 Å². The number of carbonyl (C=O) groups is 1. The lowest BCUT2D eigenvalue weighted by Crippen LogP contribution is -2.24. The van der Waals surface area contributed by atoms with E-state index in [0.717, 1.165) is 5.56 Å². The number of ether oxygens (including phenoxy) is 1. The second-order valence-corrected chi connectivity index (χ2v) is 4.27. The maximum atomic E-state index is 11.5. The van der Waals surface area contributed by atoms with E-state index in [4.69, 9.17) is 10.6 Å². The maximum Gasteiger partial charge on any atom is 0.408 e. The highest BCUT2D eigenvalue weighted by Gasteiger charge is 2.00. The molecule has 0 fully saturated rings. The molecule has 1 amide bonds. The van der Waals surface area contributed by atoms with Gasteiger partial charge in [0, 0.05) is 0 Å². The number of amides is 1. The van der Waals surface area contributed by atoms with Crippen molar-refractivity contribution in [1.29, 1.82) is 0 Å². The average molecular weight is 296 g/mol. The van der Waals surface area contributed by atoms with Gasteiger partial charge < -0.3 is 15.5 Å². The summed E-state index contributed by atoms with van der Waals surface area (Å²) in [5.41, 5.74) is 3.93. The van der Waals surface area contributed by atoms with Crippen molar-refractivity contribution in [3.63, 3.8) is 0 Å². The van der Waals surface area contributed by atoms with Crippen molar-refractivity contribution in [3.8, 4) is 11.8 Å². The van der Waals surface area contributed by atoms with Crippen LogP contribution in [0.5, 0.6) is 0 Å². The second-order valence-electron chi connectivity index (χ2n) is 4.27. The minimum atomic E-state index is -0.511. The van der Waals surface area contributed by atoms with Crippen LogP contribution in [0.25, 0.3) is 0 Å². The van der Waals surface area contributed by atoms with E-state index in [9.17, 15) is 4.79 Å². The van der Waals surface area contributed by atoms with Gasteiger partial charge in [-0.05, 0) is 23.6 Å². The number of nitrogens with two attached hydrogens (primary N) is 1. The van der Waals surface area contributed by atoms with Gasteiger partial charge in [0.2, 0.25) is 0 Å². The number of hydrazine groups is 1. The highest BCUT2D eigenvalue weighted by atomic mass is 16.5. The van der Waals surface area contributed by atoms with Crippen molar-refractivity contribution in [2.24, 2.45) is 5.84 Å². The van der Waals surface area contributed by atoms with Crippen LogP contribution in [-0.2, 0) is 11.3 Å². The SMILES string of the molecule is NNc1cccc(C#CCNC(=O)OCc2ccccc2)n1. The van der Waals surface area contributed by atoms with Crippen molar-refractivity contribution in [3.05, 3.63) is 59.8 Å². The Bertz CT molecular complexity index is 677. The van der Waals surface area contributed by atoms with E-state index in [1.807, 2.05) is 30.3 Å². The fourth-order valence-corrected chi connectivity index (χ4v) is 1.61. The third-order valence-corrected chi connectivity index (χ3v) is 2.65. The lowest BCUT2D eigenvalue weighted by Gasteiger charge is -2.04. The minimum Gasteiger partial charge on any atom is -0.445 e. The molecule has 6 nitrogen and oxygen atoms in total. The first-order valence-corrected chi connectivity index (χ1v) is 6.65. The molecule has 0 spiro atoms. The summed E-state index contributed by atoms with van der Waals surface area (Å²) < 4.78 is 5.06. The molecule has 0 saturated carbocycles. The monoisotopic (exact) mass is 296 g/mol. The average Bonchev–Trinajstić information content (AvgIpc) is 2.58.